The molecular formula is C20H31N3O3S. The third-order valence-corrected chi connectivity index (χ3v) is 7.14. The van der Waals surface area contributed by atoms with Gasteiger partial charge in [-0.15, -0.1) is 0 Å². The third kappa shape index (κ3) is 5.23. The number of ether oxygens (including phenoxy) is 1. The van der Waals surface area contributed by atoms with E-state index in [-0.39, 0.29) is 17.8 Å². The Morgan fingerprint density at radius 2 is 2.19 bits per heavy atom. The lowest BCUT2D eigenvalue weighted by Gasteiger charge is -2.36. The Kier molecular flexibility index (Phi) is 6.42. The molecule has 1 aromatic carbocycles. The summed E-state index contributed by atoms with van der Waals surface area (Å²) >= 11 is 0. The molecule has 2 atom stereocenters. The Hall–Kier alpha value is -1.60. The van der Waals surface area contributed by atoms with Gasteiger partial charge in [0, 0.05) is 19.6 Å². The molecule has 150 valence electrons. The number of benzene rings is 1. The lowest BCUT2D eigenvalue weighted by atomic mass is 10.00. The minimum Gasteiger partial charge on any atom is -0.370 e. The Morgan fingerprint density at radius 3 is 2.85 bits per heavy atom. The van der Waals surface area contributed by atoms with Gasteiger partial charge in [0.15, 0.2) is 15.8 Å². The first-order valence-electron chi connectivity index (χ1n) is 9.80. The van der Waals surface area contributed by atoms with Crippen molar-refractivity contribution in [2.45, 2.75) is 33.3 Å². The molecule has 2 heterocycles. The molecule has 1 N–H and O–H groups in total. The van der Waals surface area contributed by atoms with Crippen molar-refractivity contribution < 1.29 is 13.2 Å². The van der Waals surface area contributed by atoms with Gasteiger partial charge in [-0.1, -0.05) is 23.8 Å². The van der Waals surface area contributed by atoms with Crippen molar-refractivity contribution in [1.82, 2.24) is 10.2 Å². The molecule has 2 saturated heterocycles. The van der Waals surface area contributed by atoms with E-state index >= 15 is 0 Å². The van der Waals surface area contributed by atoms with Crippen molar-refractivity contribution in [3.8, 4) is 0 Å². The minimum absolute atomic E-state index is 0.0232. The van der Waals surface area contributed by atoms with Gasteiger partial charge in [0.2, 0.25) is 0 Å². The standard InChI is InChI=1S/C20H31N3O3S/c1-4-21-20(22-12-17-7-10-27(24,25)14-17)23-8-9-26-19(13-23)18-6-5-15(2)11-16(18)3/h5-6,11,17,19H,4,7-10,12-14H2,1-3H3,(H,21,22). The number of hydrogen-bond donors (Lipinski definition) is 1. The summed E-state index contributed by atoms with van der Waals surface area (Å²) in [6.07, 6.45) is 0.745. The number of guanidine groups is 1. The maximum absolute atomic E-state index is 11.7. The molecule has 2 unspecified atom stereocenters. The normalized spacial score (nSPS) is 25.6. The molecule has 1 aromatic rings. The second kappa shape index (κ2) is 8.61. The van der Waals surface area contributed by atoms with Crippen LogP contribution in [0.1, 0.15) is 36.1 Å². The number of hydrogen-bond acceptors (Lipinski definition) is 4. The Morgan fingerprint density at radius 1 is 1.37 bits per heavy atom. The van der Waals surface area contributed by atoms with Crippen LogP contribution in [-0.4, -0.2) is 63.6 Å². The lowest BCUT2D eigenvalue weighted by molar-refractivity contribution is -0.00835. The highest BCUT2D eigenvalue weighted by Crippen LogP contribution is 2.26. The fourth-order valence-corrected chi connectivity index (χ4v) is 5.72. The van der Waals surface area contributed by atoms with E-state index in [1.165, 1.54) is 16.7 Å². The first-order valence-corrected chi connectivity index (χ1v) is 11.6. The largest absolute Gasteiger partial charge is 0.370 e. The molecule has 3 rings (SSSR count). The van der Waals surface area contributed by atoms with E-state index in [0.29, 0.717) is 18.9 Å². The van der Waals surface area contributed by atoms with Crippen LogP contribution in [0.3, 0.4) is 0 Å². The molecule has 6 nitrogen and oxygen atoms in total. The monoisotopic (exact) mass is 393 g/mol. The summed E-state index contributed by atoms with van der Waals surface area (Å²) < 4.78 is 29.4. The van der Waals surface area contributed by atoms with E-state index in [1.54, 1.807) is 0 Å². The number of aryl methyl sites for hydroxylation is 2. The van der Waals surface area contributed by atoms with Crippen molar-refractivity contribution in [2.75, 3.05) is 44.3 Å². The molecule has 27 heavy (non-hydrogen) atoms. The minimum atomic E-state index is -2.86. The van der Waals surface area contributed by atoms with Gasteiger partial charge in [0.05, 0.1) is 24.7 Å². The SMILES string of the molecule is CCNC(=NCC1CCS(=O)(=O)C1)N1CCOC(c2ccc(C)cc2C)C1. The molecule has 0 aliphatic carbocycles. The van der Waals surface area contributed by atoms with Crippen LogP contribution < -0.4 is 5.32 Å². The van der Waals surface area contributed by atoms with Gasteiger partial charge < -0.3 is 15.0 Å². The summed E-state index contributed by atoms with van der Waals surface area (Å²) in [7, 11) is -2.86. The first kappa shape index (κ1) is 20.1. The number of nitrogens with one attached hydrogen (secondary N) is 1. The van der Waals surface area contributed by atoms with E-state index < -0.39 is 9.84 Å². The maximum Gasteiger partial charge on any atom is 0.194 e. The van der Waals surface area contributed by atoms with E-state index in [0.717, 1.165) is 32.0 Å². The van der Waals surface area contributed by atoms with Crippen molar-refractivity contribution >= 4 is 15.8 Å². The average molecular weight is 394 g/mol. The van der Waals surface area contributed by atoms with Gasteiger partial charge in [-0.05, 0) is 44.2 Å². The molecule has 0 spiro atoms. The summed E-state index contributed by atoms with van der Waals surface area (Å²) in [5, 5.41) is 3.36. The van der Waals surface area contributed by atoms with E-state index in [1.807, 2.05) is 0 Å². The average Bonchev–Trinajstić information content (AvgIpc) is 2.97. The zero-order chi connectivity index (χ0) is 19.4. The van der Waals surface area contributed by atoms with Crippen molar-refractivity contribution in [2.24, 2.45) is 10.9 Å². The van der Waals surface area contributed by atoms with Gasteiger partial charge >= 0.3 is 0 Å². The molecule has 0 radical (unpaired) electrons. The number of nitrogens with zero attached hydrogens (tertiary/aromatic N) is 2. The van der Waals surface area contributed by atoms with E-state index in [2.05, 4.69) is 49.2 Å². The smallest absolute Gasteiger partial charge is 0.194 e. The summed E-state index contributed by atoms with van der Waals surface area (Å²) in [6, 6.07) is 6.48. The van der Waals surface area contributed by atoms with Crippen LogP contribution in [0.5, 0.6) is 0 Å². The highest BCUT2D eigenvalue weighted by Gasteiger charge is 2.29. The summed E-state index contributed by atoms with van der Waals surface area (Å²) in [5.41, 5.74) is 3.73. The molecular weight excluding hydrogens is 362 g/mol. The second-order valence-electron chi connectivity index (χ2n) is 7.63. The van der Waals surface area contributed by atoms with Crippen LogP contribution in [0.4, 0.5) is 0 Å². The highest BCUT2D eigenvalue weighted by molar-refractivity contribution is 7.91. The topological polar surface area (TPSA) is 71.0 Å². The number of sulfone groups is 1. The molecule has 2 aliphatic heterocycles. The van der Waals surface area contributed by atoms with Gasteiger partial charge in [-0.2, -0.15) is 0 Å². The fourth-order valence-electron chi connectivity index (χ4n) is 3.87. The van der Waals surface area contributed by atoms with Crippen LogP contribution in [-0.2, 0) is 14.6 Å². The maximum atomic E-state index is 11.7. The molecule has 7 heteroatoms. The molecule has 0 aromatic heterocycles. The predicted molar refractivity (Wildman–Crippen MR) is 109 cm³/mol. The zero-order valence-electron chi connectivity index (χ0n) is 16.6. The quantitative estimate of drug-likeness (QED) is 0.626. The predicted octanol–water partition coefficient (Wildman–Crippen LogP) is 2.08. The van der Waals surface area contributed by atoms with Gasteiger partial charge in [-0.25, -0.2) is 8.42 Å². The molecule has 0 saturated carbocycles. The highest BCUT2D eigenvalue weighted by atomic mass is 32.2. The lowest BCUT2D eigenvalue weighted by Crippen LogP contribution is -2.48. The summed E-state index contributed by atoms with van der Waals surface area (Å²) in [4.78, 5) is 7.00. The molecule has 2 aliphatic rings. The summed E-state index contributed by atoms with van der Waals surface area (Å²) in [6.45, 7) is 9.82. The number of morpholine rings is 1. The second-order valence-corrected chi connectivity index (χ2v) is 9.86. The number of aliphatic imine (C=N–C) groups is 1. The Bertz CT molecular complexity index is 792. The van der Waals surface area contributed by atoms with Crippen LogP contribution in [0.25, 0.3) is 0 Å². The first-order chi connectivity index (χ1) is 12.9. The third-order valence-electron chi connectivity index (χ3n) is 5.30. The zero-order valence-corrected chi connectivity index (χ0v) is 17.4. The van der Waals surface area contributed by atoms with Gasteiger partial charge in [0.1, 0.15) is 6.10 Å². The van der Waals surface area contributed by atoms with Gasteiger partial charge in [-0.3, -0.25) is 4.99 Å². The molecule has 0 bridgehead atoms. The van der Waals surface area contributed by atoms with Crippen molar-refractivity contribution in [3.05, 3.63) is 34.9 Å². The molecule has 0 amide bonds. The summed E-state index contributed by atoms with van der Waals surface area (Å²) in [5.74, 6) is 1.57. The van der Waals surface area contributed by atoms with Crippen LogP contribution in [0.2, 0.25) is 0 Å². The van der Waals surface area contributed by atoms with Crippen LogP contribution in [0.15, 0.2) is 23.2 Å². The van der Waals surface area contributed by atoms with Gasteiger partial charge in [0.25, 0.3) is 0 Å². The van der Waals surface area contributed by atoms with Crippen LogP contribution >= 0.6 is 0 Å². The molecule has 2 fully saturated rings. The van der Waals surface area contributed by atoms with Crippen molar-refractivity contribution in [1.29, 1.82) is 0 Å². The Balaban J connectivity index is 1.70. The fraction of sp³-hybridized carbons (Fsp3) is 0.650. The van der Waals surface area contributed by atoms with E-state index in [4.69, 9.17) is 9.73 Å². The Labute approximate surface area is 162 Å². The van der Waals surface area contributed by atoms with Crippen LogP contribution in [0, 0.1) is 19.8 Å². The van der Waals surface area contributed by atoms with Crippen molar-refractivity contribution in [3.63, 3.8) is 0 Å². The van der Waals surface area contributed by atoms with E-state index in [9.17, 15) is 8.42 Å². The number of rotatable bonds is 4.